The second-order valence-corrected chi connectivity index (χ2v) is 5.83. The third kappa shape index (κ3) is 5.45. The lowest BCUT2D eigenvalue weighted by molar-refractivity contribution is 0.0951. The summed E-state index contributed by atoms with van der Waals surface area (Å²) in [6.07, 6.45) is 2.45. The molecule has 0 aliphatic heterocycles. The van der Waals surface area contributed by atoms with Gasteiger partial charge < -0.3 is 16.0 Å². The minimum absolute atomic E-state index is 0.0287. The standard InChI is InChI=1S/C16H23N3O2/c1-11(2)19-16(21)18-10-13-5-7-14(8-6-13)15(20)17-9-12-3-4-12/h5-8,11-12H,3-4,9-10H2,1-2H3,(H,17,20)(H2,18,19,21). The fourth-order valence-electron chi connectivity index (χ4n) is 1.93. The molecule has 114 valence electrons. The van der Waals surface area contributed by atoms with E-state index in [1.807, 2.05) is 26.0 Å². The Labute approximate surface area is 125 Å². The third-order valence-electron chi connectivity index (χ3n) is 3.34. The summed E-state index contributed by atoms with van der Waals surface area (Å²) in [5, 5.41) is 8.47. The van der Waals surface area contributed by atoms with Gasteiger partial charge in [0.15, 0.2) is 0 Å². The largest absolute Gasteiger partial charge is 0.352 e. The average molecular weight is 289 g/mol. The Bertz CT molecular complexity index is 493. The Balaban J connectivity index is 1.77. The van der Waals surface area contributed by atoms with Gasteiger partial charge in [0, 0.05) is 24.7 Å². The van der Waals surface area contributed by atoms with E-state index in [1.54, 1.807) is 12.1 Å². The minimum atomic E-state index is -0.184. The average Bonchev–Trinajstić information content (AvgIpc) is 3.26. The molecule has 3 N–H and O–H groups in total. The fraction of sp³-hybridized carbons (Fsp3) is 0.500. The number of hydrogen-bond acceptors (Lipinski definition) is 2. The van der Waals surface area contributed by atoms with Crippen molar-refractivity contribution in [1.82, 2.24) is 16.0 Å². The molecule has 0 atom stereocenters. The normalized spacial score (nSPS) is 13.9. The van der Waals surface area contributed by atoms with Gasteiger partial charge in [0.2, 0.25) is 0 Å². The minimum Gasteiger partial charge on any atom is -0.352 e. The van der Waals surface area contributed by atoms with Crippen molar-refractivity contribution in [2.24, 2.45) is 5.92 Å². The first-order valence-electron chi connectivity index (χ1n) is 7.46. The number of carbonyl (C=O) groups is 2. The van der Waals surface area contributed by atoms with Gasteiger partial charge in [0.25, 0.3) is 5.91 Å². The zero-order valence-electron chi connectivity index (χ0n) is 12.6. The van der Waals surface area contributed by atoms with Crippen LogP contribution in [0, 0.1) is 5.92 Å². The van der Waals surface area contributed by atoms with Gasteiger partial charge in [-0.1, -0.05) is 12.1 Å². The lowest BCUT2D eigenvalue weighted by Gasteiger charge is -2.10. The van der Waals surface area contributed by atoms with Crippen LogP contribution < -0.4 is 16.0 Å². The van der Waals surface area contributed by atoms with Gasteiger partial charge in [-0.25, -0.2) is 4.79 Å². The highest BCUT2D eigenvalue weighted by molar-refractivity contribution is 5.94. The zero-order valence-corrected chi connectivity index (χ0v) is 12.6. The SMILES string of the molecule is CC(C)NC(=O)NCc1ccc(C(=O)NCC2CC2)cc1. The van der Waals surface area contributed by atoms with Gasteiger partial charge >= 0.3 is 6.03 Å². The van der Waals surface area contributed by atoms with Gasteiger partial charge in [0.1, 0.15) is 0 Å². The predicted octanol–water partition coefficient (Wildman–Crippen LogP) is 2.03. The lowest BCUT2D eigenvalue weighted by Crippen LogP contribution is -2.39. The summed E-state index contributed by atoms with van der Waals surface area (Å²) < 4.78 is 0. The van der Waals surface area contributed by atoms with E-state index in [9.17, 15) is 9.59 Å². The van der Waals surface area contributed by atoms with Crippen LogP contribution in [0.15, 0.2) is 24.3 Å². The monoisotopic (exact) mass is 289 g/mol. The van der Waals surface area contributed by atoms with Gasteiger partial charge in [-0.05, 0) is 50.3 Å². The van der Waals surface area contributed by atoms with Crippen LogP contribution in [0.4, 0.5) is 4.79 Å². The molecule has 0 aromatic heterocycles. The molecule has 2 rings (SSSR count). The summed E-state index contributed by atoms with van der Waals surface area (Å²) in [5.41, 5.74) is 1.62. The van der Waals surface area contributed by atoms with Gasteiger partial charge in [0.05, 0.1) is 0 Å². The third-order valence-corrected chi connectivity index (χ3v) is 3.34. The molecule has 0 saturated heterocycles. The van der Waals surface area contributed by atoms with Gasteiger partial charge in [-0.2, -0.15) is 0 Å². The van der Waals surface area contributed by atoms with E-state index in [1.165, 1.54) is 12.8 Å². The van der Waals surface area contributed by atoms with Crippen LogP contribution in [0.3, 0.4) is 0 Å². The highest BCUT2D eigenvalue weighted by atomic mass is 16.2. The Morgan fingerprint density at radius 2 is 1.81 bits per heavy atom. The first-order chi connectivity index (χ1) is 10.0. The summed E-state index contributed by atoms with van der Waals surface area (Å²) in [5.74, 6) is 0.649. The van der Waals surface area contributed by atoms with Crippen molar-refractivity contribution in [3.8, 4) is 0 Å². The van der Waals surface area contributed by atoms with Gasteiger partial charge in [-0.3, -0.25) is 4.79 Å². The van der Waals surface area contributed by atoms with Crippen LogP contribution in [0.5, 0.6) is 0 Å². The topological polar surface area (TPSA) is 70.2 Å². The van der Waals surface area contributed by atoms with Crippen LogP contribution >= 0.6 is 0 Å². The van der Waals surface area contributed by atoms with E-state index in [0.717, 1.165) is 12.1 Å². The molecule has 5 nitrogen and oxygen atoms in total. The second kappa shape index (κ2) is 7.11. The quantitative estimate of drug-likeness (QED) is 0.750. The van der Waals surface area contributed by atoms with Crippen molar-refractivity contribution in [3.05, 3.63) is 35.4 Å². The molecule has 1 aliphatic rings. The Morgan fingerprint density at radius 3 is 2.38 bits per heavy atom. The van der Waals surface area contributed by atoms with Crippen LogP contribution in [-0.4, -0.2) is 24.5 Å². The number of benzene rings is 1. The van der Waals surface area contributed by atoms with E-state index in [2.05, 4.69) is 16.0 Å². The molecule has 3 amide bonds. The molecule has 21 heavy (non-hydrogen) atoms. The fourth-order valence-corrected chi connectivity index (χ4v) is 1.93. The van der Waals surface area contributed by atoms with Crippen molar-refractivity contribution >= 4 is 11.9 Å². The maximum absolute atomic E-state index is 11.9. The molecule has 0 spiro atoms. The van der Waals surface area contributed by atoms with Crippen molar-refractivity contribution in [2.75, 3.05) is 6.54 Å². The predicted molar refractivity (Wildman–Crippen MR) is 82.0 cm³/mol. The van der Waals surface area contributed by atoms with Crippen LogP contribution in [0.2, 0.25) is 0 Å². The summed E-state index contributed by atoms with van der Waals surface area (Å²) in [4.78, 5) is 23.4. The first-order valence-corrected chi connectivity index (χ1v) is 7.46. The van der Waals surface area contributed by atoms with E-state index in [0.29, 0.717) is 18.0 Å². The van der Waals surface area contributed by atoms with Crippen molar-refractivity contribution in [2.45, 2.75) is 39.3 Å². The smallest absolute Gasteiger partial charge is 0.315 e. The number of nitrogens with one attached hydrogen (secondary N) is 3. The molecule has 1 aliphatic carbocycles. The Kier molecular flexibility index (Phi) is 5.20. The summed E-state index contributed by atoms with van der Waals surface area (Å²) in [6.45, 7) is 5.04. The molecule has 1 fully saturated rings. The van der Waals surface area contributed by atoms with Crippen LogP contribution in [-0.2, 0) is 6.54 Å². The Morgan fingerprint density at radius 1 is 1.14 bits per heavy atom. The van der Waals surface area contributed by atoms with Crippen molar-refractivity contribution in [1.29, 1.82) is 0 Å². The van der Waals surface area contributed by atoms with E-state index < -0.39 is 0 Å². The molecule has 1 saturated carbocycles. The van der Waals surface area contributed by atoms with Crippen molar-refractivity contribution in [3.63, 3.8) is 0 Å². The first kappa shape index (κ1) is 15.4. The highest BCUT2D eigenvalue weighted by Gasteiger charge is 2.21. The second-order valence-electron chi connectivity index (χ2n) is 5.83. The van der Waals surface area contributed by atoms with Crippen molar-refractivity contribution < 1.29 is 9.59 Å². The molecule has 1 aromatic rings. The van der Waals surface area contributed by atoms with E-state index in [-0.39, 0.29) is 18.0 Å². The molecule has 1 aromatic carbocycles. The number of hydrogen-bond donors (Lipinski definition) is 3. The summed E-state index contributed by atoms with van der Waals surface area (Å²) in [7, 11) is 0. The number of carbonyl (C=O) groups excluding carboxylic acids is 2. The Hall–Kier alpha value is -2.04. The molecular formula is C16H23N3O2. The molecule has 0 radical (unpaired) electrons. The van der Waals surface area contributed by atoms with Gasteiger partial charge in [-0.15, -0.1) is 0 Å². The lowest BCUT2D eigenvalue weighted by atomic mass is 10.1. The molecule has 0 unspecified atom stereocenters. The summed E-state index contributed by atoms with van der Waals surface area (Å²) >= 11 is 0. The zero-order chi connectivity index (χ0) is 15.2. The molecule has 0 heterocycles. The maximum Gasteiger partial charge on any atom is 0.315 e. The summed E-state index contributed by atoms with van der Waals surface area (Å²) in [6, 6.07) is 7.24. The number of amides is 3. The number of rotatable bonds is 6. The molecule has 0 bridgehead atoms. The van der Waals surface area contributed by atoms with E-state index in [4.69, 9.17) is 0 Å². The van der Waals surface area contributed by atoms with Crippen LogP contribution in [0.25, 0.3) is 0 Å². The van der Waals surface area contributed by atoms with E-state index >= 15 is 0 Å². The molecular weight excluding hydrogens is 266 g/mol. The highest BCUT2D eigenvalue weighted by Crippen LogP contribution is 2.27. The number of urea groups is 1. The van der Waals surface area contributed by atoms with Crippen LogP contribution in [0.1, 0.15) is 42.6 Å². The maximum atomic E-state index is 11.9. The molecule has 5 heteroatoms.